The molecule has 1 amide bonds. The summed E-state index contributed by atoms with van der Waals surface area (Å²) in [7, 11) is -5.08. The Morgan fingerprint density at radius 1 is 0.571 bits per heavy atom. The van der Waals surface area contributed by atoms with Crippen molar-refractivity contribution < 1.29 is 51.8 Å². The number of allylic oxidation sites excluding steroid dienone is 4. The van der Waals surface area contributed by atoms with Gasteiger partial charge in [-0.2, -0.15) is 8.42 Å². The quantitative estimate of drug-likeness (QED) is 0.0193. The van der Waals surface area contributed by atoms with E-state index in [0.29, 0.717) is 12.8 Å². The first-order chi connectivity index (χ1) is 34.0. The van der Waals surface area contributed by atoms with Gasteiger partial charge in [0.15, 0.2) is 6.29 Å². The number of carbonyl (C=O) groups excluding carboxylic acids is 1. The predicted octanol–water partition coefficient (Wildman–Crippen LogP) is 13.6. The number of aliphatic hydroxyl groups is 4. The summed E-state index contributed by atoms with van der Waals surface area (Å²) in [5.74, 6) is -0.228. The molecule has 0 spiro atoms. The molecule has 1 aliphatic rings. The van der Waals surface area contributed by atoms with Crippen LogP contribution in [-0.4, -0.2) is 95.4 Å². The average Bonchev–Trinajstić information content (AvgIpc) is 3.33. The minimum atomic E-state index is -5.08. The minimum Gasteiger partial charge on any atom is -0.394 e. The Kier molecular flexibility index (Phi) is 45.0. The Hall–Kier alpha value is -1.42. The molecule has 0 aromatic carbocycles. The summed E-state index contributed by atoms with van der Waals surface area (Å²) < 4.78 is 47.8. The maximum absolute atomic E-state index is 13.1. The van der Waals surface area contributed by atoms with Crippen LogP contribution >= 0.6 is 0 Å². The molecule has 1 rings (SSSR count). The minimum absolute atomic E-state index is 0.228. The predicted molar refractivity (Wildman–Crippen MR) is 287 cm³/mol. The SMILES string of the molecule is CCCCCCCCCCC/C=C\C/C=C\CCCCCCCCCCCCCCCCCC(=O)NC(COC1OC(CO)C(O)C(OS(=O)(=O)O)C1O)C(O)CCCCCCCCCCCCCC. The van der Waals surface area contributed by atoms with Crippen LogP contribution in [0.15, 0.2) is 24.3 Å². The lowest BCUT2D eigenvalue weighted by Gasteiger charge is -2.41. The number of amides is 1. The smallest absolute Gasteiger partial charge is 0.394 e. The molecule has 1 heterocycles. The molecule has 7 atom stereocenters. The van der Waals surface area contributed by atoms with E-state index in [9.17, 15) is 38.2 Å². The first kappa shape index (κ1) is 66.6. The summed E-state index contributed by atoms with van der Waals surface area (Å²) in [5, 5.41) is 45.0. The van der Waals surface area contributed by atoms with Gasteiger partial charge in [0.05, 0.1) is 25.4 Å². The number of unbranched alkanes of at least 4 members (excludes halogenated alkanes) is 35. The molecule has 6 N–H and O–H groups in total. The summed E-state index contributed by atoms with van der Waals surface area (Å²) in [6.07, 6.45) is 49.2. The highest BCUT2D eigenvalue weighted by Gasteiger charge is 2.48. The molecular weight excluding hydrogens is 907 g/mol. The van der Waals surface area contributed by atoms with E-state index in [1.807, 2.05) is 0 Å². The van der Waals surface area contributed by atoms with Gasteiger partial charge >= 0.3 is 10.4 Å². The van der Waals surface area contributed by atoms with Crippen LogP contribution in [0.5, 0.6) is 0 Å². The van der Waals surface area contributed by atoms with Gasteiger partial charge in [-0.3, -0.25) is 9.35 Å². The van der Waals surface area contributed by atoms with Gasteiger partial charge in [0.25, 0.3) is 0 Å². The van der Waals surface area contributed by atoms with E-state index in [1.165, 1.54) is 193 Å². The largest absolute Gasteiger partial charge is 0.397 e. The van der Waals surface area contributed by atoms with Crippen molar-refractivity contribution in [3.63, 3.8) is 0 Å². The third-order valence-electron chi connectivity index (χ3n) is 14.0. The fourth-order valence-corrected chi connectivity index (χ4v) is 10.0. The van der Waals surface area contributed by atoms with Gasteiger partial charge in [-0.05, 0) is 44.9 Å². The standard InChI is InChI=1S/C57H109NO11S/c1-3-5-7-9-11-13-15-17-18-19-20-21-22-23-24-25-26-27-28-29-30-31-32-33-34-35-37-39-41-43-45-47-53(61)58-50(51(60)46-44-42-40-38-36-16-14-12-10-8-6-4-2)49-67-57-55(63)56(69-70(64,65)66)54(62)52(48-59)68-57/h20-21,23-24,50-52,54-57,59-60,62-63H,3-19,22,25-49H2,1-2H3,(H,58,61)(H,64,65,66)/b21-20-,24-23-. The van der Waals surface area contributed by atoms with Crippen LogP contribution in [0.4, 0.5) is 0 Å². The Balaban J connectivity index is 2.23. The first-order valence-corrected chi connectivity index (χ1v) is 30.6. The summed E-state index contributed by atoms with van der Waals surface area (Å²) in [5.41, 5.74) is 0. The zero-order valence-electron chi connectivity index (χ0n) is 44.9. The second kappa shape index (κ2) is 47.3. The lowest BCUT2D eigenvalue weighted by atomic mass is 9.99. The topological polar surface area (TPSA) is 192 Å². The third-order valence-corrected chi connectivity index (χ3v) is 14.5. The number of hydrogen-bond acceptors (Lipinski definition) is 10. The Labute approximate surface area is 429 Å². The maximum Gasteiger partial charge on any atom is 0.397 e. The molecule has 0 radical (unpaired) electrons. The molecule has 1 fully saturated rings. The number of ether oxygens (including phenoxy) is 2. The van der Waals surface area contributed by atoms with Crippen LogP contribution in [0.2, 0.25) is 0 Å². The number of aliphatic hydroxyl groups excluding tert-OH is 4. The average molecular weight is 1020 g/mol. The van der Waals surface area contributed by atoms with Gasteiger partial charge in [-0.1, -0.05) is 250 Å². The van der Waals surface area contributed by atoms with Crippen molar-refractivity contribution in [2.75, 3.05) is 13.2 Å². The lowest BCUT2D eigenvalue weighted by molar-refractivity contribution is -0.298. The van der Waals surface area contributed by atoms with Crippen LogP contribution in [0.1, 0.15) is 277 Å². The number of nitrogens with one attached hydrogen (secondary N) is 1. The van der Waals surface area contributed by atoms with Gasteiger partial charge in [0, 0.05) is 6.42 Å². The summed E-state index contributed by atoms with van der Waals surface area (Å²) in [6, 6.07) is -0.856. The second-order valence-electron chi connectivity index (χ2n) is 20.6. The van der Waals surface area contributed by atoms with Crippen molar-refractivity contribution in [3.8, 4) is 0 Å². The molecule has 0 saturated carbocycles. The molecule has 414 valence electrons. The molecule has 70 heavy (non-hydrogen) atoms. The highest BCUT2D eigenvalue weighted by Crippen LogP contribution is 2.26. The van der Waals surface area contributed by atoms with Crippen molar-refractivity contribution in [2.45, 2.75) is 320 Å². The Morgan fingerprint density at radius 2 is 0.957 bits per heavy atom. The normalized spacial score (nSPS) is 19.7. The van der Waals surface area contributed by atoms with Gasteiger partial charge < -0.3 is 35.2 Å². The third kappa shape index (κ3) is 39.1. The van der Waals surface area contributed by atoms with E-state index in [-0.39, 0.29) is 12.5 Å². The molecule has 13 heteroatoms. The molecule has 1 saturated heterocycles. The molecule has 12 nitrogen and oxygen atoms in total. The van der Waals surface area contributed by atoms with E-state index in [4.69, 9.17) is 9.47 Å². The van der Waals surface area contributed by atoms with Crippen molar-refractivity contribution in [1.29, 1.82) is 0 Å². The Bertz CT molecular complexity index is 1330. The summed E-state index contributed by atoms with van der Waals surface area (Å²) >= 11 is 0. The maximum atomic E-state index is 13.1. The first-order valence-electron chi connectivity index (χ1n) is 29.2. The van der Waals surface area contributed by atoms with Gasteiger partial charge in [-0.15, -0.1) is 0 Å². The molecule has 0 aromatic heterocycles. The van der Waals surface area contributed by atoms with E-state index >= 15 is 0 Å². The van der Waals surface area contributed by atoms with Gasteiger partial charge in [-0.25, -0.2) is 4.18 Å². The van der Waals surface area contributed by atoms with Crippen molar-refractivity contribution in [3.05, 3.63) is 24.3 Å². The fraction of sp³-hybridized carbons (Fsp3) is 0.912. The van der Waals surface area contributed by atoms with Crippen LogP contribution in [0, 0.1) is 0 Å². The fourth-order valence-electron chi connectivity index (χ4n) is 9.49. The summed E-state index contributed by atoms with van der Waals surface area (Å²) in [4.78, 5) is 13.1. The van der Waals surface area contributed by atoms with Gasteiger partial charge in [0.1, 0.15) is 24.4 Å². The Morgan fingerprint density at radius 3 is 1.36 bits per heavy atom. The van der Waals surface area contributed by atoms with Gasteiger partial charge in [0.2, 0.25) is 5.91 Å². The lowest BCUT2D eigenvalue weighted by Crippen LogP contribution is -2.61. The highest BCUT2D eigenvalue weighted by molar-refractivity contribution is 7.80. The molecule has 0 bridgehead atoms. The summed E-state index contributed by atoms with van der Waals surface area (Å²) in [6.45, 7) is 3.47. The van der Waals surface area contributed by atoms with Crippen molar-refractivity contribution >= 4 is 16.3 Å². The number of carbonyl (C=O) groups is 1. The molecule has 1 aliphatic heterocycles. The van der Waals surface area contributed by atoms with Crippen molar-refractivity contribution in [2.24, 2.45) is 0 Å². The monoisotopic (exact) mass is 1020 g/mol. The van der Waals surface area contributed by atoms with E-state index in [0.717, 1.165) is 57.8 Å². The van der Waals surface area contributed by atoms with E-state index < -0.39 is 59.9 Å². The molecule has 7 unspecified atom stereocenters. The number of hydrogen-bond donors (Lipinski definition) is 6. The zero-order chi connectivity index (χ0) is 51.2. The van der Waals surface area contributed by atoms with Crippen LogP contribution in [0.3, 0.4) is 0 Å². The number of rotatable bonds is 51. The zero-order valence-corrected chi connectivity index (χ0v) is 45.7. The molecule has 0 aliphatic carbocycles. The van der Waals surface area contributed by atoms with E-state index in [2.05, 4.69) is 47.7 Å². The second-order valence-corrected chi connectivity index (χ2v) is 21.6. The molecule has 0 aromatic rings. The van der Waals surface area contributed by atoms with Crippen LogP contribution in [0.25, 0.3) is 0 Å². The van der Waals surface area contributed by atoms with E-state index in [1.54, 1.807) is 0 Å². The molecular formula is C57H109NO11S. The highest BCUT2D eigenvalue weighted by atomic mass is 32.3. The van der Waals surface area contributed by atoms with Crippen LogP contribution < -0.4 is 5.32 Å². The van der Waals surface area contributed by atoms with Crippen molar-refractivity contribution in [1.82, 2.24) is 5.32 Å². The van der Waals surface area contributed by atoms with Crippen LogP contribution in [-0.2, 0) is 28.9 Å².